The lowest BCUT2D eigenvalue weighted by Crippen LogP contribution is -2.43. The summed E-state index contributed by atoms with van der Waals surface area (Å²) in [4.78, 5) is 18.5. The number of aromatic nitrogens is 3. The SMILES string of the molecule is O=C(NCCc1csc2nc(-c3cccc(F)c3)nn12)C1(c2ccc(Cl)cc2)CCCC1. The van der Waals surface area contributed by atoms with Crippen LogP contribution in [0.15, 0.2) is 53.9 Å². The first-order valence-corrected chi connectivity index (χ1v) is 11.9. The highest BCUT2D eigenvalue weighted by molar-refractivity contribution is 7.15. The number of halogens is 2. The van der Waals surface area contributed by atoms with E-state index in [2.05, 4.69) is 15.4 Å². The van der Waals surface area contributed by atoms with Crippen molar-refractivity contribution in [2.75, 3.05) is 6.54 Å². The van der Waals surface area contributed by atoms with E-state index in [1.807, 2.05) is 29.6 Å². The predicted octanol–water partition coefficient (Wildman–Crippen LogP) is 5.42. The molecule has 1 saturated carbocycles. The lowest BCUT2D eigenvalue weighted by Gasteiger charge is -2.28. The summed E-state index contributed by atoms with van der Waals surface area (Å²) < 4.78 is 15.3. The fraction of sp³-hybridized carbons (Fsp3) is 0.292. The van der Waals surface area contributed by atoms with Gasteiger partial charge < -0.3 is 5.32 Å². The first-order chi connectivity index (χ1) is 15.5. The monoisotopic (exact) mass is 468 g/mol. The number of fused-ring (bicyclic) bond motifs is 1. The van der Waals surface area contributed by atoms with Gasteiger partial charge in [-0.15, -0.1) is 16.4 Å². The summed E-state index contributed by atoms with van der Waals surface area (Å²) >= 11 is 7.53. The molecule has 0 aliphatic heterocycles. The molecule has 0 unspecified atom stereocenters. The molecular formula is C24H22ClFN4OS. The van der Waals surface area contributed by atoms with Gasteiger partial charge in [0.2, 0.25) is 10.9 Å². The van der Waals surface area contributed by atoms with Crippen LogP contribution in [0.25, 0.3) is 16.3 Å². The van der Waals surface area contributed by atoms with E-state index in [4.69, 9.17) is 11.6 Å². The fourth-order valence-corrected chi connectivity index (χ4v) is 5.50. The van der Waals surface area contributed by atoms with E-state index in [0.717, 1.165) is 41.9 Å². The quantitative estimate of drug-likeness (QED) is 0.411. The topological polar surface area (TPSA) is 59.3 Å². The second-order valence-electron chi connectivity index (χ2n) is 8.17. The van der Waals surface area contributed by atoms with Crippen molar-refractivity contribution in [3.63, 3.8) is 0 Å². The molecule has 1 amide bonds. The summed E-state index contributed by atoms with van der Waals surface area (Å²) in [6.45, 7) is 0.509. The molecule has 0 bridgehead atoms. The highest BCUT2D eigenvalue weighted by Crippen LogP contribution is 2.41. The van der Waals surface area contributed by atoms with Crippen molar-refractivity contribution in [3.05, 3.63) is 76.0 Å². The Labute approximate surface area is 194 Å². The van der Waals surface area contributed by atoms with Gasteiger partial charge in [0.1, 0.15) is 5.82 Å². The predicted molar refractivity (Wildman–Crippen MR) is 125 cm³/mol. The molecule has 1 fully saturated rings. The van der Waals surface area contributed by atoms with E-state index < -0.39 is 5.41 Å². The van der Waals surface area contributed by atoms with Crippen molar-refractivity contribution in [2.24, 2.45) is 0 Å². The van der Waals surface area contributed by atoms with E-state index in [1.165, 1.54) is 23.5 Å². The fourth-order valence-electron chi connectivity index (χ4n) is 4.51. The largest absolute Gasteiger partial charge is 0.355 e. The molecule has 5 nitrogen and oxygen atoms in total. The normalized spacial score (nSPS) is 15.3. The van der Waals surface area contributed by atoms with Crippen molar-refractivity contribution in [1.82, 2.24) is 19.9 Å². The number of hydrogen-bond acceptors (Lipinski definition) is 4. The maximum Gasteiger partial charge on any atom is 0.230 e. The Morgan fingerprint density at radius 3 is 2.72 bits per heavy atom. The molecule has 0 saturated heterocycles. The molecule has 0 radical (unpaired) electrons. The lowest BCUT2D eigenvalue weighted by atomic mass is 9.78. The maximum absolute atomic E-state index is 13.6. The number of hydrogen-bond donors (Lipinski definition) is 1. The molecule has 2 aromatic heterocycles. The zero-order valence-electron chi connectivity index (χ0n) is 17.4. The Bertz CT molecular complexity index is 1260. The number of nitrogens with zero attached hydrogens (tertiary/aromatic N) is 3. The second-order valence-corrected chi connectivity index (χ2v) is 9.44. The van der Waals surface area contributed by atoms with Crippen molar-refractivity contribution < 1.29 is 9.18 Å². The van der Waals surface area contributed by atoms with Gasteiger partial charge in [-0.25, -0.2) is 8.91 Å². The van der Waals surface area contributed by atoms with Gasteiger partial charge in [0.05, 0.1) is 11.1 Å². The molecule has 32 heavy (non-hydrogen) atoms. The van der Waals surface area contributed by atoms with Crippen LogP contribution in [-0.2, 0) is 16.6 Å². The van der Waals surface area contributed by atoms with Gasteiger partial charge in [-0.1, -0.05) is 48.7 Å². The van der Waals surface area contributed by atoms with Crippen LogP contribution in [-0.4, -0.2) is 27.0 Å². The molecule has 4 aromatic rings. The van der Waals surface area contributed by atoms with E-state index in [1.54, 1.807) is 16.6 Å². The number of thiazole rings is 1. The zero-order chi connectivity index (χ0) is 22.1. The molecule has 1 N–H and O–H groups in total. The number of amides is 1. The molecule has 0 spiro atoms. The minimum Gasteiger partial charge on any atom is -0.355 e. The Morgan fingerprint density at radius 1 is 1.19 bits per heavy atom. The highest BCUT2D eigenvalue weighted by Gasteiger charge is 2.42. The number of nitrogens with one attached hydrogen (secondary N) is 1. The Balaban J connectivity index is 1.29. The van der Waals surface area contributed by atoms with Crippen molar-refractivity contribution in [3.8, 4) is 11.4 Å². The van der Waals surface area contributed by atoms with Gasteiger partial charge in [0.25, 0.3) is 0 Å². The third-order valence-electron chi connectivity index (χ3n) is 6.19. The number of rotatable bonds is 6. The lowest BCUT2D eigenvalue weighted by molar-refractivity contribution is -0.126. The van der Waals surface area contributed by atoms with Crippen LogP contribution < -0.4 is 5.32 Å². The molecule has 2 heterocycles. The highest BCUT2D eigenvalue weighted by atomic mass is 35.5. The molecule has 8 heteroatoms. The maximum atomic E-state index is 13.6. The minimum atomic E-state index is -0.480. The Hall–Kier alpha value is -2.77. The molecule has 1 aliphatic rings. The smallest absolute Gasteiger partial charge is 0.230 e. The van der Waals surface area contributed by atoms with Crippen LogP contribution in [0.5, 0.6) is 0 Å². The Kier molecular flexibility index (Phi) is 5.69. The van der Waals surface area contributed by atoms with E-state index in [0.29, 0.717) is 29.4 Å². The Morgan fingerprint density at radius 2 is 1.97 bits per heavy atom. The second kappa shape index (κ2) is 8.64. The zero-order valence-corrected chi connectivity index (χ0v) is 18.9. The first-order valence-electron chi connectivity index (χ1n) is 10.7. The van der Waals surface area contributed by atoms with Gasteiger partial charge in [0.15, 0.2) is 5.82 Å². The average molecular weight is 469 g/mol. The van der Waals surface area contributed by atoms with Gasteiger partial charge >= 0.3 is 0 Å². The van der Waals surface area contributed by atoms with Crippen LogP contribution in [0.2, 0.25) is 5.02 Å². The summed E-state index contributed by atoms with van der Waals surface area (Å²) in [5, 5.41) is 10.4. The van der Waals surface area contributed by atoms with Crippen molar-refractivity contribution >= 4 is 33.8 Å². The summed E-state index contributed by atoms with van der Waals surface area (Å²) in [5.41, 5.74) is 2.16. The number of carbonyl (C=O) groups is 1. The molecule has 0 atom stereocenters. The van der Waals surface area contributed by atoms with Crippen LogP contribution in [0.4, 0.5) is 4.39 Å². The van der Waals surface area contributed by atoms with E-state index in [-0.39, 0.29) is 11.7 Å². The minimum absolute atomic E-state index is 0.0721. The van der Waals surface area contributed by atoms with Gasteiger partial charge in [-0.2, -0.15) is 4.98 Å². The van der Waals surface area contributed by atoms with Crippen LogP contribution in [0.3, 0.4) is 0 Å². The van der Waals surface area contributed by atoms with Gasteiger partial charge in [0, 0.05) is 28.9 Å². The standard InChI is InChI=1S/C24H22ClFN4OS/c25-18-8-6-17(7-9-18)24(11-1-2-12-24)22(31)27-13-10-20-15-32-23-28-21(29-30(20)23)16-4-3-5-19(26)14-16/h3-9,14-15H,1-2,10-13H2,(H,27,31). The third-order valence-corrected chi connectivity index (χ3v) is 7.30. The molecule has 1 aliphatic carbocycles. The van der Waals surface area contributed by atoms with Crippen LogP contribution >= 0.6 is 22.9 Å². The number of carbonyl (C=O) groups excluding carboxylic acids is 1. The first kappa shape index (κ1) is 21.1. The van der Waals surface area contributed by atoms with E-state index in [9.17, 15) is 9.18 Å². The molecule has 164 valence electrons. The van der Waals surface area contributed by atoms with Gasteiger partial charge in [-0.05, 0) is 42.7 Å². The summed E-state index contributed by atoms with van der Waals surface area (Å²) in [6.07, 6.45) is 4.42. The van der Waals surface area contributed by atoms with Crippen LogP contribution in [0, 0.1) is 5.82 Å². The summed E-state index contributed by atoms with van der Waals surface area (Å²) in [5.74, 6) is 0.252. The van der Waals surface area contributed by atoms with E-state index >= 15 is 0 Å². The number of benzene rings is 2. The third kappa shape index (κ3) is 3.91. The molecular weight excluding hydrogens is 447 g/mol. The summed E-state index contributed by atoms with van der Waals surface area (Å²) in [7, 11) is 0. The van der Waals surface area contributed by atoms with Crippen LogP contribution in [0.1, 0.15) is 36.9 Å². The van der Waals surface area contributed by atoms with Crippen molar-refractivity contribution in [2.45, 2.75) is 37.5 Å². The average Bonchev–Trinajstić information content (AvgIpc) is 3.52. The molecule has 2 aromatic carbocycles. The van der Waals surface area contributed by atoms with Crippen molar-refractivity contribution in [1.29, 1.82) is 0 Å². The summed E-state index contributed by atoms with van der Waals surface area (Å²) in [6, 6.07) is 13.9. The molecule has 5 rings (SSSR count). The van der Waals surface area contributed by atoms with Gasteiger partial charge in [-0.3, -0.25) is 4.79 Å².